The van der Waals surface area contributed by atoms with E-state index in [0.29, 0.717) is 23.0 Å². The van der Waals surface area contributed by atoms with Gasteiger partial charge in [0.2, 0.25) is 0 Å². The number of aliphatic hydroxyl groups is 1. The molecule has 1 saturated carbocycles. The Morgan fingerprint density at radius 1 is 1.11 bits per heavy atom. The van der Waals surface area contributed by atoms with Crippen LogP contribution < -0.4 is 4.74 Å². The van der Waals surface area contributed by atoms with Crippen LogP contribution in [0, 0.1) is 11.8 Å². The maximum atomic E-state index is 11.3. The summed E-state index contributed by atoms with van der Waals surface area (Å²) < 4.78 is 5.33. The fourth-order valence-electron chi connectivity index (χ4n) is 4.63. The lowest BCUT2D eigenvalue weighted by molar-refractivity contribution is 0.0310. The van der Waals surface area contributed by atoms with E-state index < -0.39 is 5.60 Å². The van der Waals surface area contributed by atoms with Crippen LogP contribution in [0.3, 0.4) is 0 Å². The maximum Gasteiger partial charge on any atom is 0.119 e. The van der Waals surface area contributed by atoms with Crippen molar-refractivity contribution in [3.05, 3.63) is 54.1 Å². The highest BCUT2D eigenvalue weighted by atomic mass is 32.2. The molecule has 4 nitrogen and oxygen atoms in total. The van der Waals surface area contributed by atoms with Gasteiger partial charge in [-0.25, -0.2) is 0 Å². The molecule has 2 aromatic carbocycles. The average Bonchev–Trinajstić information content (AvgIpc) is 3.19. The number of hydrogen-bond acceptors (Lipinski definition) is 5. The molecule has 2 N–H and O–H groups in total. The first-order valence-corrected chi connectivity index (χ1v) is 10.4. The van der Waals surface area contributed by atoms with E-state index in [1.54, 1.807) is 19.2 Å². The smallest absolute Gasteiger partial charge is 0.119 e. The van der Waals surface area contributed by atoms with Crippen molar-refractivity contribution in [2.75, 3.05) is 20.2 Å². The largest absolute Gasteiger partial charge is 0.508 e. The lowest BCUT2D eigenvalue weighted by atomic mass is 9.90. The number of aromatic hydroxyl groups is 1. The number of ether oxygens (including phenoxy) is 1. The van der Waals surface area contributed by atoms with Crippen LogP contribution in [-0.2, 0) is 5.60 Å². The lowest BCUT2D eigenvalue weighted by Gasteiger charge is -2.29. The molecule has 5 heteroatoms. The zero-order chi connectivity index (χ0) is 19.0. The molecule has 1 aliphatic heterocycles. The second-order valence-corrected chi connectivity index (χ2v) is 9.25. The molecule has 2 aromatic rings. The molecule has 4 rings (SSSR count). The second-order valence-electron chi connectivity index (χ2n) is 7.86. The summed E-state index contributed by atoms with van der Waals surface area (Å²) in [6.07, 6.45) is 1.63. The summed E-state index contributed by atoms with van der Waals surface area (Å²) in [5.74, 6) is 2.17. The van der Waals surface area contributed by atoms with Crippen molar-refractivity contribution in [3.8, 4) is 11.5 Å². The Kier molecular flexibility index (Phi) is 5.10. The van der Waals surface area contributed by atoms with E-state index in [9.17, 15) is 10.2 Å². The van der Waals surface area contributed by atoms with Crippen LogP contribution in [0.25, 0.3) is 0 Å². The third-order valence-electron chi connectivity index (χ3n) is 6.07. The zero-order valence-corrected chi connectivity index (χ0v) is 16.7. The van der Waals surface area contributed by atoms with Gasteiger partial charge in [-0.3, -0.25) is 4.90 Å². The van der Waals surface area contributed by atoms with Crippen molar-refractivity contribution in [2.45, 2.75) is 35.6 Å². The van der Waals surface area contributed by atoms with Gasteiger partial charge in [-0.15, -0.1) is 11.8 Å². The Labute approximate surface area is 165 Å². The topological polar surface area (TPSA) is 52.9 Å². The molecule has 1 aliphatic carbocycles. The highest BCUT2D eigenvalue weighted by molar-refractivity contribution is 7.99. The highest BCUT2D eigenvalue weighted by Gasteiger charge is 2.49. The molecule has 0 bridgehead atoms. The Morgan fingerprint density at radius 3 is 2.41 bits per heavy atom. The number of methoxy groups -OCH3 is 1. The number of likely N-dealkylation sites (tertiary alicyclic amines) is 1. The first kappa shape index (κ1) is 18.7. The molecular weight excluding hydrogens is 358 g/mol. The third-order valence-corrected chi connectivity index (χ3v) is 7.25. The first-order chi connectivity index (χ1) is 13.0. The van der Waals surface area contributed by atoms with Gasteiger partial charge in [0.05, 0.1) is 18.1 Å². The quantitative estimate of drug-likeness (QED) is 0.760. The number of nitrogens with zero attached hydrogens (tertiary/aromatic N) is 1. The maximum absolute atomic E-state index is 11.3. The van der Waals surface area contributed by atoms with Crippen molar-refractivity contribution in [1.29, 1.82) is 0 Å². The van der Waals surface area contributed by atoms with Crippen molar-refractivity contribution in [1.82, 2.24) is 4.90 Å². The van der Waals surface area contributed by atoms with Gasteiger partial charge >= 0.3 is 0 Å². The average molecular weight is 386 g/mol. The van der Waals surface area contributed by atoms with Gasteiger partial charge in [-0.2, -0.15) is 0 Å². The van der Waals surface area contributed by atoms with Gasteiger partial charge in [0.15, 0.2) is 0 Å². The molecule has 1 heterocycles. The number of rotatable bonds is 5. The van der Waals surface area contributed by atoms with Crippen molar-refractivity contribution < 1.29 is 14.9 Å². The third kappa shape index (κ3) is 3.82. The fraction of sp³-hybridized carbons (Fsp3) is 0.455. The lowest BCUT2D eigenvalue weighted by Crippen LogP contribution is -2.32. The summed E-state index contributed by atoms with van der Waals surface area (Å²) in [6.45, 7) is 4.30. The molecule has 0 amide bonds. The van der Waals surface area contributed by atoms with Crippen LogP contribution in [0.15, 0.2) is 53.4 Å². The van der Waals surface area contributed by atoms with E-state index in [4.69, 9.17) is 4.74 Å². The molecule has 0 aromatic heterocycles. The standard InChI is InChI=1S/C22H27NO3S/c1-15(27-21-8-6-19(24)7-9-21)23-13-16-11-22(25,12-17(16)14-23)18-4-3-5-20(10-18)26-2/h3-10,15-17,24-25H,11-14H2,1-2H3/t15?,16-,17+,22-. The summed E-state index contributed by atoms with van der Waals surface area (Å²) in [7, 11) is 1.66. The van der Waals surface area contributed by atoms with Crippen LogP contribution >= 0.6 is 11.8 Å². The summed E-state index contributed by atoms with van der Waals surface area (Å²) >= 11 is 1.83. The first-order valence-electron chi connectivity index (χ1n) is 9.53. The molecule has 0 radical (unpaired) electrons. The normalized spacial score (nSPS) is 28.9. The van der Waals surface area contributed by atoms with Crippen LogP contribution in [0.5, 0.6) is 11.5 Å². The Hall–Kier alpha value is -1.69. The molecule has 1 saturated heterocycles. The Morgan fingerprint density at radius 2 is 1.78 bits per heavy atom. The van der Waals surface area contributed by atoms with E-state index in [2.05, 4.69) is 11.8 Å². The van der Waals surface area contributed by atoms with Crippen LogP contribution in [0.2, 0.25) is 0 Å². The van der Waals surface area contributed by atoms with Crippen molar-refractivity contribution in [2.24, 2.45) is 11.8 Å². The Balaban J connectivity index is 1.39. The number of benzene rings is 2. The minimum absolute atomic E-state index is 0.305. The van der Waals surface area contributed by atoms with Gasteiger partial charge in [0, 0.05) is 18.0 Å². The van der Waals surface area contributed by atoms with Gasteiger partial charge in [0.25, 0.3) is 0 Å². The highest BCUT2D eigenvalue weighted by Crippen LogP contribution is 2.50. The SMILES string of the molecule is COc1cccc([C@]2(O)C[C@H]3CN(C(C)Sc4ccc(O)cc4)C[C@H]3C2)c1. The molecule has 144 valence electrons. The molecule has 0 spiro atoms. The van der Waals surface area contributed by atoms with Gasteiger partial charge in [0.1, 0.15) is 11.5 Å². The number of thioether (sulfide) groups is 1. The van der Waals surface area contributed by atoms with E-state index in [1.165, 1.54) is 4.90 Å². The zero-order valence-electron chi connectivity index (χ0n) is 15.8. The summed E-state index contributed by atoms with van der Waals surface area (Å²) in [4.78, 5) is 3.70. The fourth-order valence-corrected chi connectivity index (χ4v) is 5.64. The second kappa shape index (κ2) is 7.38. The predicted molar refractivity (Wildman–Crippen MR) is 108 cm³/mol. The number of phenolic OH excluding ortho intramolecular Hbond substituents is 1. The van der Waals surface area contributed by atoms with E-state index in [1.807, 2.05) is 48.2 Å². The van der Waals surface area contributed by atoms with Gasteiger partial charge in [-0.05, 0) is 73.6 Å². The molecule has 2 fully saturated rings. The molecule has 2 aliphatic rings. The number of phenols is 1. The summed E-state index contributed by atoms with van der Waals surface area (Å²) in [5.41, 5.74) is 0.248. The molecule has 4 atom stereocenters. The van der Waals surface area contributed by atoms with Crippen molar-refractivity contribution in [3.63, 3.8) is 0 Å². The monoisotopic (exact) mass is 385 g/mol. The molecule has 1 unspecified atom stereocenters. The number of hydrogen-bond donors (Lipinski definition) is 2. The summed E-state index contributed by atoms with van der Waals surface area (Å²) in [5, 5.41) is 21.1. The molecule has 27 heavy (non-hydrogen) atoms. The van der Waals surface area contributed by atoms with Crippen LogP contribution in [-0.4, -0.2) is 40.7 Å². The van der Waals surface area contributed by atoms with Crippen molar-refractivity contribution >= 4 is 11.8 Å². The van der Waals surface area contributed by atoms with Gasteiger partial charge in [-0.1, -0.05) is 12.1 Å². The Bertz CT molecular complexity index is 780. The van der Waals surface area contributed by atoms with E-state index in [0.717, 1.165) is 37.2 Å². The van der Waals surface area contributed by atoms with Crippen LogP contribution in [0.4, 0.5) is 0 Å². The minimum Gasteiger partial charge on any atom is -0.508 e. The van der Waals surface area contributed by atoms with E-state index >= 15 is 0 Å². The number of fused-ring (bicyclic) bond motifs is 1. The van der Waals surface area contributed by atoms with Crippen LogP contribution in [0.1, 0.15) is 25.3 Å². The van der Waals surface area contributed by atoms with E-state index in [-0.39, 0.29) is 0 Å². The predicted octanol–water partition coefficient (Wildman–Crippen LogP) is 4.07. The minimum atomic E-state index is -0.733. The molecular formula is C22H27NO3S. The van der Waals surface area contributed by atoms with Gasteiger partial charge < -0.3 is 14.9 Å². The summed E-state index contributed by atoms with van der Waals surface area (Å²) in [6, 6.07) is 15.3.